The molecule has 2 rings (SSSR count). The van der Waals surface area contributed by atoms with Gasteiger partial charge < -0.3 is 5.32 Å². The Balaban J connectivity index is 2.24. The minimum atomic E-state index is 0.530. The van der Waals surface area contributed by atoms with Gasteiger partial charge in [-0.25, -0.2) is 0 Å². The molecule has 120 valence electrons. The van der Waals surface area contributed by atoms with Crippen LogP contribution in [0.5, 0.6) is 0 Å². The first kappa shape index (κ1) is 16.8. The van der Waals surface area contributed by atoms with Gasteiger partial charge in [-0.3, -0.25) is 9.58 Å². The van der Waals surface area contributed by atoms with E-state index in [2.05, 4.69) is 54.6 Å². The maximum atomic E-state index is 6.57. The summed E-state index contributed by atoms with van der Waals surface area (Å²) >= 11 is 6.57. The van der Waals surface area contributed by atoms with E-state index in [1.165, 1.54) is 5.69 Å². The van der Waals surface area contributed by atoms with Gasteiger partial charge in [-0.05, 0) is 26.2 Å². The highest BCUT2D eigenvalue weighted by Crippen LogP contribution is 2.26. The first-order valence-electron chi connectivity index (χ1n) is 8.19. The fraction of sp³-hybridized carbons (Fsp3) is 0.812. The number of piperazine rings is 1. The summed E-state index contributed by atoms with van der Waals surface area (Å²) in [6.45, 7) is 15.0. The van der Waals surface area contributed by atoms with Crippen molar-refractivity contribution in [3.63, 3.8) is 0 Å². The smallest absolute Gasteiger partial charge is 0.0863 e. The zero-order valence-corrected chi connectivity index (χ0v) is 14.7. The summed E-state index contributed by atoms with van der Waals surface area (Å²) < 4.78 is 2.07. The molecule has 1 N–H and O–H groups in total. The highest BCUT2D eigenvalue weighted by Gasteiger charge is 2.29. The van der Waals surface area contributed by atoms with Crippen molar-refractivity contribution in [2.45, 2.75) is 66.2 Å². The van der Waals surface area contributed by atoms with Crippen LogP contribution in [0.3, 0.4) is 0 Å². The number of hydrogen-bond acceptors (Lipinski definition) is 3. The van der Waals surface area contributed by atoms with Gasteiger partial charge in [0.15, 0.2) is 0 Å². The summed E-state index contributed by atoms with van der Waals surface area (Å²) in [5.41, 5.74) is 2.20. The molecule has 0 saturated carbocycles. The third-order valence-corrected chi connectivity index (χ3v) is 4.91. The number of nitrogens with one attached hydrogen (secondary N) is 1. The summed E-state index contributed by atoms with van der Waals surface area (Å²) in [5.74, 6) is 0.632. The summed E-state index contributed by atoms with van der Waals surface area (Å²) in [5, 5.41) is 9.10. The Hall–Kier alpha value is -0.580. The predicted molar refractivity (Wildman–Crippen MR) is 88.8 cm³/mol. The molecule has 1 aliphatic rings. The maximum absolute atomic E-state index is 6.57. The molecule has 2 atom stereocenters. The van der Waals surface area contributed by atoms with E-state index in [1.54, 1.807) is 0 Å². The van der Waals surface area contributed by atoms with Gasteiger partial charge in [0.1, 0.15) is 0 Å². The molecule has 0 aromatic carbocycles. The third-order valence-electron chi connectivity index (χ3n) is 4.47. The molecule has 1 saturated heterocycles. The van der Waals surface area contributed by atoms with Crippen LogP contribution in [0.15, 0.2) is 0 Å². The number of aromatic nitrogens is 2. The Bertz CT molecular complexity index is 469. The molecule has 0 radical (unpaired) electrons. The van der Waals surface area contributed by atoms with E-state index in [0.29, 0.717) is 18.0 Å². The van der Waals surface area contributed by atoms with Gasteiger partial charge in [-0.2, -0.15) is 5.10 Å². The van der Waals surface area contributed by atoms with Crippen LogP contribution in [-0.2, 0) is 19.5 Å². The fourth-order valence-electron chi connectivity index (χ4n) is 3.20. The van der Waals surface area contributed by atoms with E-state index >= 15 is 0 Å². The molecule has 2 heterocycles. The monoisotopic (exact) mass is 312 g/mol. The summed E-state index contributed by atoms with van der Waals surface area (Å²) in [6, 6.07) is 1.09. The normalized spacial score (nSPS) is 24.0. The molecule has 1 aliphatic heterocycles. The molecule has 0 spiro atoms. The van der Waals surface area contributed by atoms with Crippen molar-refractivity contribution in [3.05, 3.63) is 16.4 Å². The molecule has 2 unspecified atom stereocenters. The molecular weight excluding hydrogens is 284 g/mol. The van der Waals surface area contributed by atoms with Gasteiger partial charge in [0.05, 0.1) is 16.4 Å². The van der Waals surface area contributed by atoms with Crippen LogP contribution in [-0.4, -0.2) is 39.9 Å². The fourth-order valence-corrected chi connectivity index (χ4v) is 3.53. The van der Waals surface area contributed by atoms with Crippen LogP contribution in [0.1, 0.15) is 46.0 Å². The number of hydrogen-bond donors (Lipinski definition) is 1. The molecule has 21 heavy (non-hydrogen) atoms. The lowest BCUT2D eigenvalue weighted by molar-refractivity contribution is 0.0928. The van der Waals surface area contributed by atoms with Crippen LogP contribution < -0.4 is 5.32 Å². The van der Waals surface area contributed by atoms with Crippen LogP contribution >= 0.6 is 11.6 Å². The first-order valence-corrected chi connectivity index (χ1v) is 8.57. The van der Waals surface area contributed by atoms with Crippen LogP contribution in [0.4, 0.5) is 0 Å². The molecule has 0 bridgehead atoms. The van der Waals surface area contributed by atoms with Gasteiger partial charge in [0, 0.05) is 38.3 Å². The molecule has 1 aromatic heterocycles. The van der Waals surface area contributed by atoms with E-state index in [4.69, 9.17) is 11.6 Å². The highest BCUT2D eigenvalue weighted by atomic mass is 35.5. The van der Waals surface area contributed by atoms with Crippen LogP contribution in [0.25, 0.3) is 0 Å². The lowest BCUT2D eigenvalue weighted by Gasteiger charge is -2.41. The largest absolute Gasteiger partial charge is 0.311 e. The van der Waals surface area contributed by atoms with Gasteiger partial charge >= 0.3 is 0 Å². The van der Waals surface area contributed by atoms with Crippen LogP contribution in [0.2, 0.25) is 5.02 Å². The SMILES string of the molecule is CCc1nn(CC)c(CN2CC(C)NCC2C(C)C)c1Cl. The number of nitrogens with zero attached hydrogens (tertiary/aromatic N) is 3. The quantitative estimate of drug-likeness (QED) is 0.907. The van der Waals surface area contributed by atoms with Gasteiger partial charge in [-0.1, -0.05) is 32.4 Å². The Morgan fingerprint density at radius 1 is 1.38 bits per heavy atom. The molecule has 1 aromatic rings. The average molecular weight is 313 g/mol. The van der Waals surface area contributed by atoms with E-state index < -0.39 is 0 Å². The summed E-state index contributed by atoms with van der Waals surface area (Å²) in [4.78, 5) is 2.57. The number of rotatable bonds is 5. The maximum Gasteiger partial charge on any atom is 0.0863 e. The van der Waals surface area contributed by atoms with Crippen molar-refractivity contribution < 1.29 is 0 Å². The van der Waals surface area contributed by atoms with E-state index in [0.717, 1.165) is 43.3 Å². The summed E-state index contributed by atoms with van der Waals surface area (Å²) in [6.07, 6.45) is 0.893. The zero-order chi connectivity index (χ0) is 15.6. The Kier molecular flexibility index (Phi) is 5.69. The van der Waals surface area contributed by atoms with Crippen molar-refractivity contribution in [3.8, 4) is 0 Å². The number of halogens is 1. The van der Waals surface area contributed by atoms with E-state index in [9.17, 15) is 0 Å². The van der Waals surface area contributed by atoms with Crippen LogP contribution in [0, 0.1) is 5.92 Å². The third kappa shape index (κ3) is 3.61. The zero-order valence-electron chi connectivity index (χ0n) is 14.0. The minimum absolute atomic E-state index is 0.530. The standard InChI is InChI=1S/C16H29ClN4/c1-6-13-16(17)15(21(7-2)19-13)10-20-9-12(5)18-8-14(20)11(3)4/h11-12,14,18H,6-10H2,1-5H3. The lowest BCUT2D eigenvalue weighted by Crippen LogP contribution is -2.56. The Morgan fingerprint density at radius 3 is 2.67 bits per heavy atom. The van der Waals surface area contributed by atoms with Gasteiger partial charge in [0.2, 0.25) is 0 Å². The predicted octanol–water partition coefficient (Wildman–Crippen LogP) is 2.94. The van der Waals surface area contributed by atoms with Crippen molar-refractivity contribution in [2.24, 2.45) is 5.92 Å². The van der Waals surface area contributed by atoms with Crippen molar-refractivity contribution >= 4 is 11.6 Å². The Morgan fingerprint density at radius 2 is 2.10 bits per heavy atom. The first-order chi connectivity index (χ1) is 9.97. The second-order valence-corrected chi connectivity index (χ2v) is 6.80. The molecular formula is C16H29ClN4. The molecule has 1 fully saturated rings. The van der Waals surface area contributed by atoms with Crippen molar-refractivity contribution in [1.82, 2.24) is 20.0 Å². The van der Waals surface area contributed by atoms with Gasteiger partial charge in [-0.15, -0.1) is 0 Å². The second kappa shape index (κ2) is 7.12. The molecule has 4 nitrogen and oxygen atoms in total. The lowest BCUT2D eigenvalue weighted by atomic mass is 9.98. The average Bonchev–Trinajstić information content (AvgIpc) is 2.75. The van der Waals surface area contributed by atoms with E-state index in [-0.39, 0.29) is 0 Å². The molecule has 5 heteroatoms. The van der Waals surface area contributed by atoms with Gasteiger partial charge in [0.25, 0.3) is 0 Å². The number of aryl methyl sites for hydroxylation is 2. The highest BCUT2D eigenvalue weighted by molar-refractivity contribution is 6.31. The van der Waals surface area contributed by atoms with E-state index in [1.807, 2.05) is 0 Å². The Labute approximate surface area is 133 Å². The molecule has 0 amide bonds. The second-order valence-electron chi connectivity index (χ2n) is 6.43. The summed E-state index contributed by atoms with van der Waals surface area (Å²) in [7, 11) is 0. The molecule has 0 aliphatic carbocycles. The van der Waals surface area contributed by atoms with Crippen molar-refractivity contribution in [1.29, 1.82) is 0 Å². The topological polar surface area (TPSA) is 33.1 Å². The van der Waals surface area contributed by atoms with Crippen molar-refractivity contribution in [2.75, 3.05) is 13.1 Å². The minimum Gasteiger partial charge on any atom is -0.311 e.